The minimum Gasteiger partial charge on any atom is -0.487 e. The van der Waals surface area contributed by atoms with Crippen molar-refractivity contribution < 1.29 is 23.9 Å². The number of aliphatic carboxylic acids is 1. The van der Waals surface area contributed by atoms with Crippen LogP contribution in [0.15, 0.2) is 78.0 Å². The molecule has 0 aliphatic rings. The molecule has 0 saturated heterocycles. The van der Waals surface area contributed by atoms with E-state index in [0.29, 0.717) is 5.92 Å². The molecule has 6 heteroatoms. The lowest BCUT2D eigenvalue weighted by atomic mass is 9.98. The maximum absolute atomic E-state index is 14.3. The predicted octanol–water partition coefficient (Wildman–Crippen LogP) is 5.97. The van der Waals surface area contributed by atoms with E-state index < -0.39 is 18.2 Å². The Morgan fingerprint density at radius 2 is 1.64 bits per heavy atom. The molecule has 0 fully saturated rings. The summed E-state index contributed by atoms with van der Waals surface area (Å²) in [5.74, 6) is -1.37. The minimum absolute atomic E-state index is 0.000217. The van der Waals surface area contributed by atoms with Crippen LogP contribution in [0.1, 0.15) is 31.4 Å². The van der Waals surface area contributed by atoms with Crippen molar-refractivity contribution in [1.82, 2.24) is 0 Å². The highest BCUT2D eigenvalue weighted by molar-refractivity contribution is 6.00. The van der Waals surface area contributed by atoms with Crippen molar-refractivity contribution in [3.05, 3.63) is 89.7 Å². The van der Waals surface area contributed by atoms with Gasteiger partial charge in [0.15, 0.2) is 18.2 Å². The van der Waals surface area contributed by atoms with Crippen LogP contribution in [0.25, 0.3) is 11.1 Å². The molecule has 0 amide bonds. The first-order valence-corrected chi connectivity index (χ1v) is 10.9. The molecule has 0 unspecified atom stereocenters. The van der Waals surface area contributed by atoms with E-state index in [2.05, 4.69) is 43.3 Å². The molecule has 3 aromatic rings. The number of rotatable bonds is 11. The number of halogens is 1. The van der Waals surface area contributed by atoms with Gasteiger partial charge in [0.05, 0.1) is 12.1 Å². The second kappa shape index (κ2) is 11.8. The van der Waals surface area contributed by atoms with Crippen LogP contribution >= 0.6 is 0 Å². The molecule has 0 aliphatic heterocycles. The highest BCUT2D eigenvalue weighted by Crippen LogP contribution is 2.22. The summed E-state index contributed by atoms with van der Waals surface area (Å²) in [5, 5.41) is 13.2. The summed E-state index contributed by atoms with van der Waals surface area (Å²) in [7, 11) is 0. The first kappa shape index (κ1) is 24.0. The average molecular weight is 450 g/mol. The normalized spacial score (nSPS) is 11.5. The quantitative estimate of drug-likeness (QED) is 0.223. The maximum atomic E-state index is 14.3. The molecule has 0 saturated carbocycles. The van der Waals surface area contributed by atoms with Gasteiger partial charge in [0, 0.05) is 5.56 Å². The van der Waals surface area contributed by atoms with Crippen molar-refractivity contribution in [3.63, 3.8) is 0 Å². The Morgan fingerprint density at radius 1 is 0.939 bits per heavy atom. The Morgan fingerprint density at radius 3 is 2.30 bits per heavy atom. The van der Waals surface area contributed by atoms with Gasteiger partial charge in [-0.05, 0) is 35.1 Å². The molecule has 0 aromatic heterocycles. The molecule has 3 rings (SSSR count). The standard InChI is InChI=1S/C27H28FNO4/c1-19(2)17-24(22-13-11-21(12-14-22)20-7-4-3-5-8-20)29-33-16-15-32-25-10-6-9-23(27(25)28)18-26(30)31/h3-14,19H,15-18H2,1-2H3,(H,30,31). The Bertz CT molecular complexity index is 1080. The lowest BCUT2D eigenvalue weighted by Crippen LogP contribution is -2.10. The molecule has 33 heavy (non-hydrogen) atoms. The summed E-state index contributed by atoms with van der Waals surface area (Å²) in [6.07, 6.45) is 0.350. The summed E-state index contributed by atoms with van der Waals surface area (Å²) < 4.78 is 19.8. The van der Waals surface area contributed by atoms with Crippen molar-refractivity contribution >= 4 is 11.7 Å². The van der Waals surface area contributed by atoms with E-state index >= 15 is 0 Å². The summed E-state index contributed by atoms with van der Waals surface area (Å²) >= 11 is 0. The first-order chi connectivity index (χ1) is 15.9. The van der Waals surface area contributed by atoms with E-state index in [4.69, 9.17) is 14.7 Å². The van der Waals surface area contributed by atoms with Gasteiger partial charge in [0.1, 0.15) is 6.61 Å². The van der Waals surface area contributed by atoms with Crippen molar-refractivity contribution in [2.75, 3.05) is 13.2 Å². The molecule has 5 nitrogen and oxygen atoms in total. The number of carboxylic acids is 1. The summed E-state index contributed by atoms with van der Waals surface area (Å²) in [6, 6.07) is 22.8. The van der Waals surface area contributed by atoms with E-state index in [1.165, 1.54) is 12.1 Å². The third-order valence-electron chi connectivity index (χ3n) is 4.92. The number of hydrogen-bond acceptors (Lipinski definition) is 4. The molecule has 172 valence electrons. The van der Waals surface area contributed by atoms with Crippen LogP contribution in [0.4, 0.5) is 4.39 Å². The molecule has 1 N–H and O–H groups in total. The zero-order valence-electron chi connectivity index (χ0n) is 18.8. The number of carbonyl (C=O) groups is 1. The fourth-order valence-corrected chi connectivity index (χ4v) is 3.36. The first-order valence-electron chi connectivity index (χ1n) is 10.9. The van der Waals surface area contributed by atoms with Crippen molar-refractivity contribution in [2.24, 2.45) is 11.1 Å². The van der Waals surface area contributed by atoms with Gasteiger partial charge >= 0.3 is 5.97 Å². The number of nitrogens with zero attached hydrogens (tertiary/aromatic N) is 1. The van der Waals surface area contributed by atoms with Crippen LogP contribution in [0.5, 0.6) is 5.75 Å². The Labute approximate surface area is 193 Å². The van der Waals surface area contributed by atoms with Crippen LogP contribution in [0.3, 0.4) is 0 Å². The van der Waals surface area contributed by atoms with Gasteiger partial charge in [-0.1, -0.05) is 85.7 Å². The summed E-state index contributed by atoms with van der Waals surface area (Å²) in [6.45, 7) is 4.44. The van der Waals surface area contributed by atoms with Crippen LogP contribution in [0.2, 0.25) is 0 Å². The molecule has 0 spiro atoms. The van der Waals surface area contributed by atoms with Crippen LogP contribution in [0, 0.1) is 11.7 Å². The number of ether oxygens (including phenoxy) is 1. The highest BCUT2D eigenvalue weighted by Gasteiger charge is 2.12. The minimum atomic E-state index is -1.10. The second-order valence-corrected chi connectivity index (χ2v) is 8.06. The van der Waals surface area contributed by atoms with Gasteiger partial charge in [0.25, 0.3) is 0 Å². The second-order valence-electron chi connectivity index (χ2n) is 8.06. The summed E-state index contributed by atoms with van der Waals surface area (Å²) in [5.41, 5.74) is 4.18. The highest BCUT2D eigenvalue weighted by atomic mass is 19.1. The zero-order valence-corrected chi connectivity index (χ0v) is 18.8. The maximum Gasteiger partial charge on any atom is 0.307 e. The van der Waals surface area contributed by atoms with Crippen LogP contribution in [-0.4, -0.2) is 30.0 Å². The largest absolute Gasteiger partial charge is 0.487 e. The fourth-order valence-electron chi connectivity index (χ4n) is 3.36. The van der Waals surface area contributed by atoms with Gasteiger partial charge < -0.3 is 14.7 Å². The fraction of sp³-hybridized carbons (Fsp3) is 0.259. The molecular formula is C27H28FNO4. The molecule has 0 radical (unpaired) electrons. The number of benzene rings is 3. The SMILES string of the molecule is CC(C)CC(=NOCCOc1cccc(CC(=O)O)c1F)c1ccc(-c2ccccc2)cc1. The third-order valence-corrected chi connectivity index (χ3v) is 4.92. The van der Waals surface area contributed by atoms with E-state index in [-0.39, 0.29) is 24.5 Å². The van der Waals surface area contributed by atoms with Gasteiger partial charge in [-0.2, -0.15) is 0 Å². The predicted molar refractivity (Wildman–Crippen MR) is 127 cm³/mol. The lowest BCUT2D eigenvalue weighted by Gasteiger charge is -2.11. The molecule has 0 heterocycles. The van der Waals surface area contributed by atoms with E-state index in [1.807, 2.05) is 30.3 Å². The smallest absolute Gasteiger partial charge is 0.307 e. The number of carboxylic acid groups (broad SMARTS) is 1. The van der Waals surface area contributed by atoms with Crippen molar-refractivity contribution in [2.45, 2.75) is 26.7 Å². The topological polar surface area (TPSA) is 68.1 Å². The number of oxime groups is 1. The van der Waals surface area contributed by atoms with Gasteiger partial charge in [0.2, 0.25) is 0 Å². The molecule has 0 aliphatic carbocycles. The average Bonchev–Trinajstić information content (AvgIpc) is 2.80. The van der Waals surface area contributed by atoms with E-state index in [1.54, 1.807) is 6.07 Å². The lowest BCUT2D eigenvalue weighted by molar-refractivity contribution is -0.136. The Hall–Kier alpha value is -3.67. The van der Waals surface area contributed by atoms with Crippen molar-refractivity contribution in [1.29, 1.82) is 0 Å². The zero-order chi connectivity index (χ0) is 23.6. The summed E-state index contributed by atoms with van der Waals surface area (Å²) in [4.78, 5) is 16.3. The monoisotopic (exact) mass is 449 g/mol. The van der Waals surface area contributed by atoms with Gasteiger partial charge in [-0.15, -0.1) is 0 Å². The Balaban J connectivity index is 1.61. The molecule has 3 aromatic carbocycles. The molecular weight excluding hydrogens is 421 g/mol. The van der Waals surface area contributed by atoms with Gasteiger partial charge in [-0.3, -0.25) is 4.79 Å². The van der Waals surface area contributed by atoms with E-state index in [9.17, 15) is 9.18 Å². The number of hydrogen-bond donors (Lipinski definition) is 1. The molecule has 0 bridgehead atoms. The molecule has 0 atom stereocenters. The van der Waals surface area contributed by atoms with Crippen LogP contribution < -0.4 is 4.74 Å². The van der Waals surface area contributed by atoms with Crippen molar-refractivity contribution in [3.8, 4) is 16.9 Å². The third kappa shape index (κ3) is 7.17. The van der Waals surface area contributed by atoms with Crippen LogP contribution in [-0.2, 0) is 16.1 Å². The van der Waals surface area contributed by atoms with Gasteiger partial charge in [-0.25, -0.2) is 4.39 Å². The van der Waals surface area contributed by atoms with E-state index in [0.717, 1.165) is 28.8 Å². The Kier molecular flexibility index (Phi) is 8.58.